The van der Waals surface area contributed by atoms with Crippen molar-refractivity contribution in [2.45, 2.75) is 35.8 Å². The lowest BCUT2D eigenvalue weighted by Crippen LogP contribution is -2.34. The first-order chi connectivity index (χ1) is 17.2. The van der Waals surface area contributed by atoms with Gasteiger partial charge in [-0.1, -0.05) is 30.5 Å². The molecule has 0 unspecified atom stereocenters. The number of carbonyl (C=O) groups is 1. The maximum atomic E-state index is 14.9. The van der Waals surface area contributed by atoms with Crippen LogP contribution in [0.25, 0.3) is 16.6 Å². The molecule has 2 aromatic carbocycles. The quantitative estimate of drug-likeness (QED) is 0.348. The van der Waals surface area contributed by atoms with E-state index in [4.69, 9.17) is 11.6 Å². The van der Waals surface area contributed by atoms with Crippen LogP contribution in [0.4, 0.5) is 14.9 Å². The lowest BCUT2D eigenvalue weighted by molar-refractivity contribution is 0.256. The van der Waals surface area contributed by atoms with Crippen molar-refractivity contribution in [3.63, 3.8) is 0 Å². The molecule has 2 amide bonds. The maximum absolute atomic E-state index is 14.9. The fourth-order valence-electron chi connectivity index (χ4n) is 4.37. The highest BCUT2D eigenvalue weighted by atomic mass is 35.5. The Labute approximate surface area is 214 Å². The smallest absolute Gasteiger partial charge is 0.307 e. The minimum Gasteiger partial charge on any atom is -0.307 e. The van der Waals surface area contributed by atoms with Crippen molar-refractivity contribution < 1.29 is 17.6 Å². The molecular formula is C24H20ClFN4O4S2. The summed E-state index contributed by atoms with van der Waals surface area (Å²) in [4.78, 5) is 29.6. The van der Waals surface area contributed by atoms with Gasteiger partial charge in [0.1, 0.15) is 16.4 Å². The molecule has 0 saturated heterocycles. The number of carbonyl (C=O) groups excluding carboxylic acids is 1. The molecule has 2 aromatic heterocycles. The summed E-state index contributed by atoms with van der Waals surface area (Å²) in [6.07, 6.45) is 5.92. The standard InChI is InChI=1S/C24H20ClFN4O4S2/c25-21-9-10-22(35-21)36(33,34)29-24(32)28-16-6-8-20(18(26)12-16)30-13-27-19-11-15(14-3-1-2-4-14)5-7-17(19)23(30)31/h5-14H,1-4H2,(H2,28,29,32). The van der Waals surface area contributed by atoms with Crippen LogP contribution in [0.2, 0.25) is 4.34 Å². The zero-order chi connectivity index (χ0) is 25.4. The van der Waals surface area contributed by atoms with Crippen molar-refractivity contribution >= 4 is 55.6 Å². The fourth-order valence-corrected chi connectivity index (χ4v) is 6.76. The number of nitrogens with zero attached hydrogens (tertiary/aromatic N) is 2. The molecule has 0 spiro atoms. The van der Waals surface area contributed by atoms with E-state index in [0.717, 1.165) is 40.4 Å². The van der Waals surface area contributed by atoms with Crippen LogP contribution >= 0.6 is 22.9 Å². The molecule has 1 aliphatic carbocycles. The Morgan fingerprint density at radius 1 is 1.11 bits per heavy atom. The van der Waals surface area contributed by atoms with Crippen molar-refractivity contribution in [2.75, 3.05) is 5.32 Å². The van der Waals surface area contributed by atoms with Crippen molar-refractivity contribution in [3.05, 3.63) is 80.9 Å². The number of hydrogen-bond donors (Lipinski definition) is 2. The van der Waals surface area contributed by atoms with E-state index in [0.29, 0.717) is 16.8 Å². The molecule has 8 nitrogen and oxygen atoms in total. The van der Waals surface area contributed by atoms with Crippen molar-refractivity contribution in [3.8, 4) is 5.69 Å². The average molecular weight is 547 g/mol. The minimum absolute atomic E-state index is 0.00355. The zero-order valence-corrected chi connectivity index (χ0v) is 21.1. The van der Waals surface area contributed by atoms with Gasteiger partial charge in [0, 0.05) is 5.69 Å². The highest BCUT2D eigenvalue weighted by Crippen LogP contribution is 2.34. The highest BCUT2D eigenvalue weighted by Gasteiger charge is 2.21. The summed E-state index contributed by atoms with van der Waals surface area (Å²) >= 11 is 6.54. The van der Waals surface area contributed by atoms with E-state index in [1.54, 1.807) is 6.07 Å². The van der Waals surface area contributed by atoms with E-state index in [-0.39, 0.29) is 19.9 Å². The van der Waals surface area contributed by atoms with Gasteiger partial charge < -0.3 is 5.32 Å². The Bertz CT molecular complexity index is 1650. The number of nitrogens with one attached hydrogen (secondary N) is 2. The van der Waals surface area contributed by atoms with Crippen molar-refractivity contribution in [2.24, 2.45) is 0 Å². The number of thiophene rings is 1. The van der Waals surface area contributed by atoms with Gasteiger partial charge in [-0.2, -0.15) is 0 Å². The van der Waals surface area contributed by atoms with Gasteiger partial charge in [0.2, 0.25) is 0 Å². The molecule has 1 aliphatic rings. The summed E-state index contributed by atoms with van der Waals surface area (Å²) in [5.41, 5.74) is 1.24. The number of amides is 2. The first-order valence-electron chi connectivity index (χ1n) is 11.1. The Morgan fingerprint density at radius 2 is 1.89 bits per heavy atom. The average Bonchev–Trinajstić information content (AvgIpc) is 3.52. The van der Waals surface area contributed by atoms with Gasteiger partial charge in [0.25, 0.3) is 15.6 Å². The number of benzene rings is 2. The summed E-state index contributed by atoms with van der Waals surface area (Å²) < 4.78 is 42.5. The largest absolute Gasteiger partial charge is 0.333 e. The zero-order valence-electron chi connectivity index (χ0n) is 18.7. The molecule has 2 N–H and O–H groups in total. The van der Waals surface area contributed by atoms with E-state index >= 15 is 0 Å². The van der Waals surface area contributed by atoms with Crippen molar-refractivity contribution in [1.82, 2.24) is 14.3 Å². The molecule has 1 saturated carbocycles. The molecular weight excluding hydrogens is 527 g/mol. The lowest BCUT2D eigenvalue weighted by atomic mass is 9.97. The van der Waals surface area contributed by atoms with Gasteiger partial charge in [-0.05, 0) is 66.8 Å². The van der Waals surface area contributed by atoms with Gasteiger partial charge in [-0.15, -0.1) is 11.3 Å². The van der Waals surface area contributed by atoms with Gasteiger partial charge >= 0.3 is 6.03 Å². The Morgan fingerprint density at radius 3 is 2.58 bits per heavy atom. The predicted octanol–water partition coefficient (Wildman–Crippen LogP) is 5.41. The topological polar surface area (TPSA) is 110 Å². The molecule has 4 aromatic rings. The summed E-state index contributed by atoms with van der Waals surface area (Å²) in [5, 5.41) is 2.64. The monoisotopic (exact) mass is 546 g/mol. The number of sulfonamides is 1. The van der Waals surface area contributed by atoms with Gasteiger partial charge in [0.05, 0.1) is 20.9 Å². The van der Waals surface area contributed by atoms with E-state index in [1.165, 1.54) is 43.4 Å². The third kappa shape index (κ3) is 4.86. The summed E-state index contributed by atoms with van der Waals surface area (Å²) in [7, 11) is -4.13. The van der Waals surface area contributed by atoms with Crippen LogP contribution < -0.4 is 15.6 Å². The number of rotatable bonds is 5. The Kier molecular flexibility index (Phi) is 6.54. The van der Waals surface area contributed by atoms with Crippen LogP contribution in [0.1, 0.15) is 37.2 Å². The fraction of sp³-hybridized carbons (Fsp3) is 0.208. The second-order valence-corrected chi connectivity index (χ2v) is 12.1. The van der Waals surface area contributed by atoms with Crippen LogP contribution in [-0.4, -0.2) is 24.0 Å². The van der Waals surface area contributed by atoms with Gasteiger partial charge in [-0.25, -0.2) is 27.3 Å². The SMILES string of the molecule is O=C(Nc1ccc(-n2cnc3cc(C4CCCC4)ccc3c2=O)c(F)c1)NS(=O)(=O)c1ccc(Cl)s1. The molecule has 12 heteroatoms. The van der Waals surface area contributed by atoms with E-state index in [2.05, 4.69) is 10.3 Å². The second kappa shape index (κ2) is 9.64. The van der Waals surface area contributed by atoms with Gasteiger partial charge in [0.15, 0.2) is 0 Å². The predicted molar refractivity (Wildman–Crippen MR) is 137 cm³/mol. The van der Waals surface area contributed by atoms with Crippen LogP contribution in [0.15, 0.2) is 63.9 Å². The summed E-state index contributed by atoms with van der Waals surface area (Å²) in [6, 6.07) is 10.8. The van der Waals surface area contributed by atoms with Gasteiger partial charge in [-0.3, -0.25) is 9.36 Å². The Hall–Kier alpha value is -3.28. The molecule has 36 heavy (non-hydrogen) atoms. The molecule has 2 heterocycles. The lowest BCUT2D eigenvalue weighted by Gasteiger charge is -2.12. The molecule has 0 bridgehead atoms. The summed E-state index contributed by atoms with van der Waals surface area (Å²) in [5.74, 6) is -0.321. The number of fused-ring (bicyclic) bond motifs is 1. The first-order valence-corrected chi connectivity index (χ1v) is 13.8. The molecule has 0 aliphatic heterocycles. The number of anilines is 1. The van der Waals surface area contributed by atoms with E-state index in [1.807, 2.05) is 16.9 Å². The molecule has 186 valence electrons. The number of urea groups is 1. The second-order valence-electron chi connectivity index (χ2n) is 8.46. The van der Waals surface area contributed by atoms with E-state index in [9.17, 15) is 22.4 Å². The maximum Gasteiger partial charge on any atom is 0.333 e. The first kappa shape index (κ1) is 24.4. The highest BCUT2D eigenvalue weighted by molar-refractivity contribution is 7.92. The van der Waals surface area contributed by atoms with Crippen LogP contribution in [0.5, 0.6) is 0 Å². The van der Waals surface area contributed by atoms with Crippen LogP contribution in [-0.2, 0) is 10.0 Å². The van der Waals surface area contributed by atoms with Crippen molar-refractivity contribution in [1.29, 1.82) is 0 Å². The summed E-state index contributed by atoms with van der Waals surface area (Å²) in [6.45, 7) is 0. The molecule has 1 fully saturated rings. The third-order valence-corrected chi connectivity index (χ3v) is 9.17. The Balaban J connectivity index is 1.36. The number of halogens is 2. The molecule has 5 rings (SSSR count). The number of hydrogen-bond acceptors (Lipinski definition) is 6. The normalized spacial score (nSPS) is 14.3. The van der Waals surface area contributed by atoms with Crippen LogP contribution in [0, 0.1) is 5.82 Å². The minimum atomic E-state index is -4.13. The molecule has 0 radical (unpaired) electrons. The third-order valence-electron chi connectivity index (χ3n) is 6.12. The molecule has 0 atom stereocenters. The number of aromatic nitrogens is 2. The van der Waals surface area contributed by atoms with E-state index < -0.39 is 27.4 Å². The van der Waals surface area contributed by atoms with Crippen LogP contribution in [0.3, 0.4) is 0 Å².